The predicted molar refractivity (Wildman–Crippen MR) is 60.9 cm³/mol. The minimum absolute atomic E-state index is 0.470. The first-order valence-corrected chi connectivity index (χ1v) is 6.13. The highest BCUT2D eigenvalue weighted by atomic mass is 16.1. The number of hydrogen-bond acceptors (Lipinski definition) is 3. The lowest BCUT2D eigenvalue weighted by molar-refractivity contribution is -0.122. The van der Waals surface area contributed by atoms with Gasteiger partial charge in [-0.25, -0.2) is 0 Å². The quantitative estimate of drug-likeness (QED) is 0.648. The smallest absolute Gasteiger partial charge is 0.134 e. The van der Waals surface area contributed by atoms with Crippen LogP contribution in [0.2, 0.25) is 0 Å². The maximum Gasteiger partial charge on any atom is 0.134 e. The number of ketones is 1. The van der Waals surface area contributed by atoms with Crippen molar-refractivity contribution in [2.75, 3.05) is 26.7 Å². The molecule has 0 aromatic heterocycles. The summed E-state index contributed by atoms with van der Waals surface area (Å²) in [4.78, 5) is 16.4. The number of piperazine rings is 1. The molecule has 2 aliphatic rings. The molecule has 1 saturated heterocycles. The van der Waals surface area contributed by atoms with E-state index in [1.54, 1.807) is 0 Å². The van der Waals surface area contributed by atoms with Crippen molar-refractivity contribution in [2.45, 2.75) is 44.7 Å². The summed E-state index contributed by atoms with van der Waals surface area (Å²) in [6.07, 6.45) is 3.95. The predicted octanol–water partition coefficient (Wildman–Crippen LogP) is 1.13. The molecule has 15 heavy (non-hydrogen) atoms. The molecule has 1 saturated carbocycles. The summed E-state index contributed by atoms with van der Waals surface area (Å²) in [5.41, 5.74) is 0. The molecule has 2 atom stereocenters. The third-order valence-electron chi connectivity index (χ3n) is 3.96. The van der Waals surface area contributed by atoms with Crippen molar-refractivity contribution in [3.05, 3.63) is 0 Å². The van der Waals surface area contributed by atoms with E-state index in [-0.39, 0.29) is 0 Å². The van der Waals surface area contributed by atoms with E-state index in [2.05, 4.69) is 23.8 Å². The number of carbonyl (C=O) groups excluding carboxylic acids is 1. The van der Waals surface area contributed by atoms with E-state index >= 15 is 0 Å². The van der Waals surface area contributed by atoms with Gasteiger partial charge in [0, 0.05) is 44.6 Å². The van der Waals surface area contributed by atoms with Crippen molar-refractivity contribution in [2.24, 2.45) is 0 Å². The van der Waals surface area contributed by atoms with E-state index in [4.69, 9.17) is 0 Å². The molecule has 0 bridgehead atoms. The van der Waals surface area contributed by atoms with Crippen molar-refractivity contribution in [3.63, 3.8) is 0 Å². The maximum atomic E-state index is 11.4. The van der Waals surface area contributed by atoms with Gasteiger partial charge in [0.15, 0.2) is 0 Å². The van der Waals surface area contributed by atoms with E-state index in [0.717, 1.165) is 38.9 Å². The van der Waals surface area contributed by atoms with E-state index in [9.17, 15) is 4.79 Å². The standard InChI is InChI=1S/C12H22N2O/c1-10-9-14(7-6-13(10)2)11-4-3-5-12(15)8-11/h10-11H,3-9H2,1-2H3. The van der Waals surface area contributed by atoms with Gasteiger partial charge in [0.1, 0.15) is 5.78 Å². The SMILES string of the molecule is CC1CN(C2CCCC(=O)C2)CCN1C. The van der Waals surface area contributed by atoms with Crippen LogP contribution in [0, 0.1) is 0 Å². The number of likely N-dealkylation sites (N-methyl/N-ethyl adjacent to an activating group) is 1. The summed E-state index contributed by atoms with van der Waals surface area (Å²) in [5.74, 6) is 0.470. The van der Waals surface area contributed by atoms with Crippen molar-refractivity contribution in [1.29, 1.82) is 0 Å². The minimum Gasteiger partial charge on any atom is -0.301 e. The zero-order valence-electron chi connectivity index (χ0n) is 9.91. The van der Waals surface area contributed by atoms with Gasteiger partial charge in [-0.05, 0) is 26.8 Å². The van der Waals surface area contributed by atoms with Gasteiger partial charge in [-0.15, -0.1) is 0 Å². The van der Waals surface area contributed by atoms with Crippen LogP contribution in [0.5, 0.6) is 0 Å². The lowest BCUT2D eigenvalue weighted by atomic mass is 9.92. The van der Waals surface area contributed by atoms with Crippen LogP contribution in [-0.4, -0.2) is 54.3 Å². The average molecular weight is 210 g/mol. The Morgan fingerprint density at radius 1 is 1.33 bits per heavy atom. The van der Waals surface area contributed by atoms with Crippen molar-refractivity contribution in [3.8, 4) is 0 Å². The van der Waals surface area contributed by atoms with Crippen LogP contribution in [0.3, 0.4) is 0 Å². The van der Waals surface area contributed by atoms with Crippen LogP contribution in [0.25, 0.3) is 0 Å². The summed E-state index contributed by atoms with van der Waals surface area (Å²) in [6.45, 7) is 5.69. The Labute approximate surface area is 92.4 Å². The van der Waals surface area contributed by atoms with E-state index < -0.39 is 0 Å². The Bertz CT molecular complexity index is 242. The lowest BCUT2D eigenvalue weighted by Gasteiger charge is -2.42. The average Bonchev–Trinajstić information content (AvgIpc) is 2.22. The summed E-state index contributed by atoms with van der Waals surface area (Å²) < 4.78 is 0. The first-order chi connectivity index (χ1) is 7.16. The van der Waals surface area contributed by atoms with Gasteiger partial charge in [0.05, 0.1) is 0 Å². The van der Waals surface area contributed by atoms with Gasteiger partial charge < -0.3 is 4.90 Å². The van der Waals surface area contributed by atoms with Crippen LogP contribution >= 0.6 is 0 Å². The van der Waals surface area contributed by atoms with Crippen LogP contribution in [0.1, 0.15) is 32.6 Å². The fourth-order valence-electron chi connectivity index (χ4n) is 2.72. The second-order valence-corrected chi connectivity index (χ2v) is 5.11. The van der Waals surface area contributed by atoms with E-state index in [1.165, 1.54) is 6.42 Å². The molecule has 0 N–H and O–H groups in total. The van der Waals surface area contributed by atoms with Crippen LogP contribution < -0.4 is 0 Å². The molecule has 1 heterocycles. The molecule has 3 nitrogen and oxygen atoms in total. The Balaban J connectivity index is 1.90. The summed E-state index contributed by atoms with van der Waals surface area (Å²) in [7, 11) is 2.19. The fraction of sp³-hybridized carbons (Fsp3) is 0.917. The molecular formula is C12H22N2O. The molecule has 0 amide bonds. The van der Waals surface area contributed by atoms with Crippen LogP contribution in [0.15, 0.2) is 0 Å². The first-order valence-electron chi connectivity index (χ1n) is 6.13. The maximum absolute atomic E-state index is 11.4. The Morgan fingerprint density at radius 3 is 2.80 bits per heavy atom. The van der Waals surface area contributed by atoms with Gasteiger partial charge in [-0.1, -0.05) is 0 Å². The van der Waals surface area contributed by atoms with E-state index in [1.807, 2.05) is 0 Å². The third-order valence-corrected chi connectivity index (χ3v) is 3.96. The molecule has 86 valence electrons. The molecular weight excluding hydrogens is 188 g/mol. The zero-order chi connectivity index (χ0) is 10.8. The third kappa shape index (κ3) is 2.58. The van der Waals surface area contributed by atoms with Crippen molar-refractivity contribution >= 4 is 5.78 Å². The number of Topliss-reactive ketones (excluding diaryl/α,β-unsaturated/α-hetero) is 1. The molecule has 2 rings (SSSR count). The highest BCUT2D eigenvalue weighted by Gasteiger charge is 2.29. The Kier molecular flexibility index (Phi) is 3.42. The number of carbonyl (C=O) groups is 1. The number of nitrogens with zero attached hydrogens (tertiary/aromatic N) is 2. The summed E-state index contributed by atoms with van der Waals surface area (Å²) >= 11 is 0. The second-order valence-electron chi connectivity index (χ2n) is 5.11. The largest absolute Gasteiger partial charge is 0.301 e. The van der Waals surface area contributed by atoms with Crippen molar-refractivity contribution < 1.29 is 4.79 Å². The highest BCUT2D eigenvalue weighted by Crippen LogP contribution is 2.22. The van der Waals surface area contributed by atoms with E-state index in [0.29, 0.717) is 17.9 Å². The molecule has 2 unspecified atom stereocenters. The number of hydrogen-bond donors (Lipinski definition) is 0. The lowest BCUT2D eigenvalue weighted by Crippen LogP contribution is -2.54. The normalized spacial score (nSPS) is 35.7. The van der Waals surface area contributed by atoms with Gasteiger partial charge in [-0.2, -0.15) is 0 Å². The van der Waals surface area contributed by atoms with Gasteiger partial charge in [0.2, 0.25) is 0 Å². The second kappa shape index (κ2) is 4.62. The van der Waals surface area contributed by atoms with Crippen LogP contribution in [-0.2, 0) is 4.79 Å². The van der Waals surface area contributed by atoms with Crippen molar-refractivity contribution in [1.82, 2.24) is 9.80 Å². The Hall–Kier alpha value is -0.410. The molecule has 1 aliphatic carbocycles. The molecule has 2 fully saturated rings. The van der Waals surface area contributed by atoms with Crippen LogP contribution in [0.4, 0.5) is 0 Å². The molecule has 0 radical (unpaired) electrons. The molecule has 0 spiro atoms. The summed E-state index contributed by atoms with van der Waals surface area (Å²) in [5, 5.41) is 0. The van der Waals surface area contributed by atoms with Gasteiger partial charge in [0.25, 0.3) is 0 Å². The highest BCUT2D eigenvalue weighted by molar-refractivity contribution is 5.79. The zero-order valence-corrected chi connectivity index (χ0v) is 9.91. The van der Waals surface area contributed by atoms with Gasteiger partial charge in [-0.3, -0.25) is 9.69 Å². The monoisotopic (exact) mass is 210 g/mol. The first kappa shape index (κ1) is 11.1. The topological polar surface area (TPSA) is 23.6 Å². The summed E-state index contributed by atoms with van der Waals surface area (Å²) in [6, 6.07) is 1.18. The molecule has 3 heteroatoms. The molecule has 1 aliphatic heterocycles. The van der Waals surface area contributed by atoms with Gasteiger partial charge >= 0.3 is 0 Å². The Morgan fingerprint density at radius 2 is 2.13 bits per heavy atom. The minimum atomic E-state index is 0.470. The molecule has 0 aromatic rings. The fourth-order valence-corrected chi connectivity index (χ4v) is 2.72. The number of rotatable bonds is 1. The molecule has 0 aromatic carbocycles.